The van der Waals surface area contributed by atoms with Gasteiger partial charge in [-0.2, -0.15) is 13.2 Å². The van der Waals surface area contributed by atoms with Gasteiger partial charge in [-0.15, -0.1) is 0 Å². The van der Waals surface area contributed by atoms with Crippen molar-refractivity contribution in [2.45, 2.75) is 11.1 Å². The Balaban J connectivity index is 2.34. The third kappa shape index (κ3) is 3.90. The summed E-state index contributed by atoms with van der Waals surface area (Å²) in [6.07, 6.45) is -4.65. The quantitative estimate of drug-likeness (QED) is 0.617. The van der Waals surface area contributed by atoms with Crippen LogP contribution in [0, 0.1) is 11.6 Å². The molecule has 0 atom stereocenters. The number of hydrogen-bond acceptors (Lipinski definition) is 2. The number of hydrogen-bond donors (Lipinski definition) is 1. The van der Waals surface area contributed by atoms with Crippen LogP contribution in [-0.4, -0.2) is 8.42 Å². The van der Waals surface area contributed by atoms with Crippen LogP contribution in [0.4, 0.5) is 22.0 Å². The molecule has 0 aliphatic carbocycles. The van der Waals surface area contributed by atoms with E-state index in [-0.39, 0.29) is 27.1 Å². The molecule has 0 amide bonds. The third-order valence-electron chi connectivity index (χ3n) is 4.05. The summed E-state index contributed by atoms with van der Waals surface area (Å²) < 4.78 is 90.7. The first-order chi connectivity index (χ1) is 13.0. The summed E-state index contributed by atoms with van der Waals surface area (Å²) in [4.78, 5) is -0.366. The van der Waals surface area contributed by atoms with Crippen molar-refractivity contribution in [3.8, 4) is 22.3 Å². The van der Waals surface area contributed by atoms with Crippen LogP contribution in [0.25, 0.3) is 22.3 Å². The molecule has 3 rings (SSSR count). The van der Waals surface area contributed by atoms with E-state index in [9.17, 15) is 30.4 Å². The van der Waals surface area contributed by atoms with E-state index in [1.165, 1.54) is 30.3 Å². The number of halogens is 5. The molecule has 0 radical (unpaired) electrons. The van der Waals surface area contributed by atoms with Crippen LogP contribution >= 0.6 is 0 Å². The highest BCUT2D eigenvalue weighted by Gasteiger charge is 2.31. The van der Waals surface area contributed by atoms with Gasteiger partial charge in [-0.05, 0) is 47.0 Å². The van der Waals surface area contributed by atoms with Gasteiger partial charge in [0.25, 0.3) is 0 Å². The molecule has 0 aliphatic heterocycles. The topological polar surface area (TPSA) is 60.2 Å². The van der Waals surface area contributed by atoms with Gasteiger partial charge >= 0.3 is 6.18 Å². The van der Waals surface area contributed by atoms with Crippen molar-refractivity contribution in [2.24, 2.45) is 5.14 Å². The molecule has 3 aromatic rings. The minimum Gasteiger partial charge on any atom is -0.225 e. The van der Waals surface area contributed by atoms with Crippen molar-refractivity contribution >= 4 is 10.0 Å². The van der Waals surface area contributed by atoms with Crippen LogP contribution in [0.2, 0.25) is 0 Å². The van der Waals surface area contributed by atoms with E-state index in [0.29, 0.717) is 0 Å². The average Bonchev–Trinajstić information content (AvgIpc) is 2.62. The first kappa shape index (κ1) is 20.0. The molecule has 0 bridgehead atoms. The lowest BCUT2D eigenvalue weighted by Gasteiger charge is -2.15. The highest BCUT2D eigenvalue weighted by Crippen LogP contribution is 2.39. The van der Waals surface area contributed by atoms with Crippen LogP contribution in [0.3, 0.4) is 0 Å². The average molecular weight is 413 g/mol. The minimum atomic E-state index is -4.65. The second-order valence-electron chi connectivity index (χ2n) is 5.93. The van der Waals surface area contributed by atoms with Crippen LogP contribution in [0.5, 0.6) is 0 Å². The molecule has 3 aromatic carbocycles. The maximum Gasteiger partial charge on any atom is 0.416 e. The van der Waals surface area contributed by atoms with Gasteiger partial charge in [0.1, 0.15) is 0 Å². The van der Waals surface area contributed by atoms with Gasteiger partial charge in [0.2, 0.25) is 10.0 Å². The Hall–Kier alpha value is -2.78. The van der Waals surface area contributed by atoms with E-state index < -0.39 is 33.4 Å². The maximum absolute atomic E-state index is 13.9. The Morgan fingerprint density at radius 3 is 1.96 bits per heavy atom. The Morgan fingerprint density at radius 2 is 1.36 bits per heavy atom. The molecule has 0 unspecified atom stereocenters. The SMILES string of the molecule is NS(=O)(=O)c1ccccc1-c1cc(F)c(F)cc1-c1cccc(C(F)(F)F)c1. The molecule has 146 valence electrons. The lowest BCUT2D eigenvalue weighted by Crippen LogP contribution is -2.13. The van der Waals surface area contributed by atoms with Crippen LogP contribution in [-0.2, 0) is 16.2 Å². The zero-order valence-electron chi connectivity index (χ0n) is 14.0. The highest BCUT2D eigenvalue weighted by atomic mass is 32.2. The van der Waals surface area contributed by atoms with Crippen LogP contribution in [0.15, 0.2) is 65.6 Å². The van der Waals surface area contributed by atoms with Gasteiger partial charge < -0.3 is 0 Å². The van der Waals surface area contributed by atoms with E-state index in [2.05, 4.69) is 0 Å². The number of primary sulfonamides is 1. The van der Waals surface area contributed by atoms with E-state index in [1.807, 2.05) is 0 Å². The number of nitrogens with two attached hydrogens (primary N) is 1. The smallest absolute Gasteiger partial charge is 0.225 e. The Labute approximate surface area is 157 Å². The summed E-state index contributed by atoms with van der Waals surface area (Å²) in [5, 5.41) is 5.19. The lowest BCUT2D eigenvalue weighted by molar-refractivity contribution is -0.137. The predicted octanol–water partition coefficient (Wildman–Crippen LogP) is 4.97. The van der Waals surface area contributed by atoms with Crippen molar-refractivity contribution in [3.63, 3.8) is 0 Å². The molecule has 0 heterocycles. The summed E-state index contributed by atoms with van der Waals surface area (Å²) >= 11 is 0. The molecule has 28 heavy (non-hydrogen) atoms. The fraction of sp³-hybridized carbons (Fsp3) is 0.0526. The van der Waals surface area contributed by atoms with Gasteiger partial charge in [0.15, 0.2) is 11.6 Å². The van der Waals surface area contributed by atoms with Crippen molar-refractivity contribution in [1.29, 1.82) is 0 Å². The highest BCUT2D eigenvalue weighted by molar-refractivity contribution is 7.89. The van der Waals surface area contributed by atoms with E-state index in [0.717, 1.165) is 30.3 Å². The van der Waals surface area contributed by atoms with Crippen molar-refractivity contribution in [2.75, 3.05) is 0 Å². The number of sulfonamides is 1. The van der Waals surface area contributed by atoms with E-state index >= 15 is 0 Å². The van der Waals surface area contributed by atoms with Crippen molar-refractivity contribution < 1.29 is 30.4 Å². The number of rotatable bonds is 3. The summed E-state index contributed by atoms with van der Waals surface area (Å²) in [6.45, 7) is 0. The fourth-order valence-corrected chi connectivity index (χ4v) is 3.56. The minimum absolute atomic E-state index is 0.0590. The zero-order valence-corrected chi connectivity index (χ0v) is 14.8. The molecular weight excluding hydrogens is 401 g/mol. The standard InChI is InChI=1S/C19H12F5NO2S/c20-16-9-14(11-4-3-5-12(8-11)19(22,23)24)15(10-17(16)21)13-6-1-2-7-18(13)28(25,26)27/h1-10H,(H2,25,26,27). The molecule has 3 nitrogen and oxygen atoms in total. The summed E-state index contributed by atoms with van der Waals surface area (Å²) in [6, 6.07) is 10.8. The van der Waals surface area contributed by atoms with Gasteiger partial charge in [-0.3, -0.25) is 0 Å². The molecule has 9 heteroatoms. The zero-order chi connectivity index (χ0) is 20.7. The van der Waals surface area contributed by atoms with Gasteiger partial charge in [-0.25, -0.2) is 22.3 Å². The normalized spacial score (nSPS) is 12.2. The van der Waals surface area contributed by atoms with Crippen LogP contribution in [0.1, 0.15) is 5.56 Å². The Bertz CT molecular complexity index is 1160. The van der Waals surface area contributed by atoms with Gasteiger partial charge in [0.05, 0.1) is 10.5 Å². The molecule has 0 aromatic heterocycles. The largest absolute Gasteiger partial charge is 0.416 e. The summed E-state index contributed by atoms with van der Waals surface area (Å²) in [5.41, 5.74) is -1.33. The van der Waals surface area contributed by atoms with Crippen molar-refractivity contribution in [1.82, 2.24) is 0 Å². The van der Waals surface area contributed by atoms with Crippen molar-refractivity contribution in [3.05, 3.63) is 77.9 Å². The first-order valence-electron chi connectivity index (χ1n) is 7.77. The predicted molar refractivity (Wildman–Crippen MR) is 93.6 cm³/mol. The summed E-state index contributed by atoms with van der Waals surface area (Å²) in [5.74, 6) is -2.57. The number of benzene rings is 3. The second-order valence-corrected chi connectivity index (χ2v) is 7.46. The molecule has 0 fully saturated rings. The summed E-state index contributed by atoms with van der Waals surface area (Å²) in [7, 11) is -4.23. The monoisotopic (exact) mass is 413 g/mol. The molecule has 0 saturated heterocycles. The molecule has 0 saturated carbocycles. The second kappa shape index (κ2) is 6.99. The van der Waals surface area contributed by atoms with E-state index in [4.69, 9.17) is 5.14 Å². The molecule has 0 aliphatic rings. The maximum atomic E-state index is 13.9. The lowest BCUT2D eigenvalue weighted by atomic mass is 9.93. The van der Waals surface area contributed by atoms with E-state index in [1.54, 1.807) is 0 Å². The molecule has 0 spiro atoms. The fourth-order valence-electron chi connectivity index (χ4n) is 2.81. The Kier molecular flexibility index (Phi) is 4.99. The Morgan fingerprint density at radius 1 is 0.750 bits per heavy atom. The van der Waals surface area contributed by atoms with Crippen LogP contribution < -0.4 is 5.14 Å². The van der Waals surface area contributed by atoms with Gasteiger partial charge in [-0.1, -0.05) is 30.3 Å². The third-order valence-corrected chi connectivity index (χ3v) is 5.01. The molecule has 2 N–H and O–H groups in total. The first-order valence-corrected chi connectivity index (χ1v) is 9.32. The molecular formula is C19H12F5NO2S. The van der Waals surface area contributed by atoms with Gasteiger partial charge in [0, 0.05) is 5.56 Å². The number of alkyl halides is 3.